The lowest BCUT2D eigenvalue weighted by Crippen LogP contribution is -2.01. The molecule has 0 spiro atoms. The van der Waals surface area contributed by atoms with Crippen LogP contribution in [0.5, 0.6) is 5.75 Å². The zero-order valence-electron chi connectivity index (χ0n) is 12.1. The number of non-ortho nitro benzene ring substituents is 1. The number of oxime groups is 1. The second-order valence-corrected chi connectivity index (χ2v) is 5.38. The van der Waals surface area contributed by atoms with E-state index in [1.807, 2.05) is 0 Å². The molecule has 0 amide bonds. The molecule has 0 atom stereocenters. The van der Waals surface area contributed by atoms with Crippen molar-refractivity contribution >= 4 is 39.2 Å². The number of hydrogen-bond donors (Lipinski definition) is 0. The number of nitro benzene ring substituents is 3. The minimum Gasteiger partial charge on any atom is -0.342 e. The highest BCUT2D eigenvalue weighted by atomic mass is 79.9. The summed E-state index contributed by atoms with van der Waals surface area (Å²) in [5, 5.41) is 36.4. The third kappa shape index (κ3) is 4.32. The van der Waals surface area contributed by atoms with Crippen LogP contribution in [0.3, 0.4) is 0 Å². The fourth-order valence-electron chi connectivity index (χ4n) is 1.78. The van der Waals surface area contributed by atoms with E-state index < -0.39 is 37.6 Å². The third-order valence-electron chi connectivity index (χ3n) is 2.83. The second kappa shape index (κ2) is 7.44. The number of nitrogens with zero attached hydrogens (tertiary/aromatic N) is 4. The Labute approximate surface area is 147 Å². The molecule has 0 bridgehead atoms. The highest BCUT2D eigenvalue weighted by Gasteiger charge is 2.32. The molecule has 0 aliphatic heterocycles. The molecule has 0 saturated heterocycles. The van der Waals surface area contributed by atoms with Crippen molar-refractivity contribution in [2.75, 3.05) is 0 Å². The van der Waals surface area contributed by atoms with Gasteiger partial charge in [-0.25, -0.2) is 0 Å². The van der Waals surface area contributed by atoms with Crippen LogP contribution < -0.4 is 4.84 Å². The molecule has 2 aromatic rings. The Kier molecular flexibility index (Phi) is 5.34. The summed E-state index contributed by atoms with van der Waals surface area (Å²) in [4.78, 5) is 34.7. The molecular weight excluding hydrogens is 404 g/mol. The van der Waals surface area contributed by atoms with Crippen molar-refractivity contribution in [1.82, 2.24) is 0 Å². The van der Waals surface area contributed by atoms with Crippen molar-refractivity contribution in [3.63, 3.8) is 0 Å². The van der Waals surface area contributed by atoms with Gasteiger partial charge in [0, 0.05) is 4.47 Å². The van der Waals surface area contributed by atoms with Gasteiger partial charge in [0.25, 0.3) is 5.69 Å². The Hall–Kier alpha value is -3.41. The van der Waals surface area contributed by atoms with Crippen LogP contribution in [0.2, 0.25) is 0 Å². The van der Waals surface area contributed by atoms with Crippen LogP contribution in [0.25, 0.3) is 0 Å². The monoisotopic (exact) mass is 410 g/mol. The van der Waals surface area contributed by atoms with Gasteiger partial charge in [-0.2, -0.15) is 0 Å². The summed E-state index contributed by atoms with van der Waals surface area (Å²) >= 11 is 3.24. The van der Waals surface area contributed by atoms with Gasteiger partial charge in [0.15, 0.2) is 0 Å². The lowest BCUT2D eigenvalue weighted by molar-refractivity contribution is -0.404. The van der Waals surface area contributed by atoms with Gasteiger partial charge in [-0.05, 0) is 17.7 Å². The number of nitro groups is 3. The Morgan fingerprint density at radius 3 is 2.04 bits per heavy atom. The predicted molar refractivity (Wildman–Crippen MR) is 88.8 cm³/mol. The van der Waals surface area contributed by atoms with E-state index in [0.717, 1.165) is 4.47 Å². The molecule has 0 aliphatic rings. The van der Waals surface area contributed by atoms with Crippen molar-refractivity contribution in [1.29, 1.82) is 0 Å². The fourth-order valence-corrected chi connectivity index (χ4v) is 2.20. The van der Waals surface area contributed by atoms with E-state index in [0.29, 0.717) is 17.7 Å². The van der Waals surface area contributed by atoms with E-state index in [4.69, 9.17) is 4.84 Å². The predicted octanol–water partition coefficient (Wildman–Crippen LogP) is 3.59. The maximum Gasteiger partial charge on any atom is 0.328 e. The van der Waals surface area contributed by atoms with Crippen LogP contribution in [-0.4, -0.2) is 21.0 Å². The Morgan fingerprint density at radius 1 is 0.960 bits per heavy atom. The van der Waals surface area contributed by atoms with Gasteiger partial charge in [-0.15, -0.1) is 0 Å². The summed E-state index contributed by atoms with van der Waals surface area (Å²) < 4.78 is 0.740. The quantitative estimate of drug-likeness (QED) is 0.400. The van der Waals surface area contributed by atoms with Crippen LogP contribution in [0.15, 0.2) is 46.0 Å². The summed E-state index contributed by atoms with van der Waals surface area (Å²) in [5.74, 6) is -0.799. The zero-order chi connectivity index (χ0) is 18.6. The molecular formula is C13H7BrN4O7. The number of halogens is 1. The Morgan fingerprint density at radius 2 is 1.56 bits per heavy atom. The molecule has 0 N–H and O–H groups in total. The van der Waals surface area contributed by atoms with Gasteiger partial charge in [0.05, 0.1) is 33.1 Å². The summed E-state index contributed by atoms with van der Waals surface area (Å²) in [6.07, 6.45) is 1.18. The number of hydrogen-bond acceptors (Lipinski definition) is 8. The first-order valence-corrected chi connectivity index (χ1v) is 7.16. The molecule has 0 heterocycles. The minimum absolute atomic E-state index is 0.557. The van der Waals surface area contributed by atoms with Gasteiger partial charge in [0.2, 0.25) is 0 Å². The average molecular weight is 411 g/mol. The van der Waals surface area contributed by atoms with Crippen LogP contribution >= 0.6 is 15.9 Å². The second-order valence-electron chi connectivity index (χ2n) is 4.47. The van der Waals surface area contributed by atoms with Crippen LogP contribution in [0.4, 0.5) is 17.1 Å². The van der Waals surface area contributed by atoms with Crippen LogP contribution in [-0.2, 0) is 0 Å². The van der Waals surface area contributed by atoms with Crippen molar-refractivity contribution in [2.24, 2.45) is 5.16 Å². The molecule has 0 radical (unpaired) electrons. The first-order chi connectivity index (χ1) is 11.8. The molecule has 0 unspecified atom stereocenters. The SMILES string of the molecule is O=[N+]([O-])c1cc([N+](=O)[O-])c(O/N=C/c2cccc(Br)c2)c([N+](=O)[O-])c1. The highest BCUT2D eigenvalue weighted by molar-refractivity contribution is 9.10. The normalized spacial score (nSPS) is 10.6. The molecule has 128 valence electrons. The first kappa shape index (κ1) is 17.9. The van der Waals surface area contributed by atoms with Gasteiger partial charge in [-0.3, -0.25) is 30.3 Å². The number of rotatable bonds is 6. The molecule has 0 aliphatic carbocycles. The molecule has 25 heavy (non-hydrogen) atoms. The smallest absolute Gasteiger partial charge is 0.328 e. The van der Waals surface area contributed by atoms with E-state index in [2.05, 4.69) is 21.1 Å². The highest BCUT2D eigenvalue weighted by Crippen LogP contribution is 2.40. The van der Waals surface area contributed by atoms with Crippen molar-refractivity contribution < 1.29 is 19.6 Å². The first-order valence-electron chi connectivity index (χ1n) is 6.36. The lowest BCUT2D eigenvalue weighted by Gasteiger charge is -2.02. The molecule has 2 aromatic carbocycles. The summed E-state index contributed by atoms with van der Waals surface area (Å²) in [6, 6.07) is 7.89. The lowest BCUT2D eigenvalue weighted by atomic mass is 10.2. The van der Waals surface area contributed by atoms with E-state index in [1.165, 1.54) is 6.21 Å². The van der Waals surface area contributed by atoms with Crippen LogP contribution in [0, 0.1) is 30.3 Å². The molecule has 0 saturated carbocycles. The standard InChI is InChI=1S/C13H7BrN4O7/c14-9-3-1-2-8(4-9)7-15-25-13-11(17(21)22)5-10(16(19)20)6-12(13)18(23)24/h1-7H/b15-7+. The molecule has 12 heteroatoms. The molecule has 2 rings (SSSR count). The third-order valence-corrected chi connectivity index (χ3v) is 3.33. The maximum atomic E-state index is 11.1. The summed E-state index contributed by atoms with van der Waals surface area (Å²) in [5.41, 5.74) is -2.12. The molecule has 0 fully saturated rings. The van der Waals surface area contributed by atoms with E-state index in [9.17, 15) is 30.3 Å². The van der Waals surface area contributed by atoms with E-state index >= 15 is 0 Å². The van der Waals surface area contributed by atoms with Crippen molar-refractivity contribution in [2.45, 2.75) is 0 Å². The van der Waals surface area contributed by atoms with Gasteiger partial charge < -0.3 is 4.84 Å². The van der Waals surface area contributed by atoms with Gasteiger partial charge in [0.1, 0.15) is 0 Å². The van der Waals surface area contributed by atoms with Crippen LogP contribution in [0.1, 0.15) is 5.56 Å². The summed E-state index contributed by atoms with van der Waals surface area (Å²) in [7, 11) is 0. The van der Waals surface area contributed by atoms with E-state index in [-0.39, 0.29) is 0 Å². The fraction of sp³-hybridized carbons (Fsp3) is 0. The van der Waals surface area contributed by atoms with Crippen molar-refractivity contribution in [3.8, 4) is 5.75 Å². The minimum atomic E-state index is -1.02. The van der Waals surface area contributed by atoms with E-state index in [1.54, 1.807) is 24.3 Å². The van der Waals surface area contributed by atoms with Crippen molar-refractivity contribution in [3.05, 3.63) is 76.8 Å². The molecule has 0 aromatic heterocycles. The zero-order valence-corrected chi connectivity index (χ0v) is 13.7. The average Bonchev–Trinajstić information content (AvgIpc) is 2.54. The summed E-state index contributed by atoms with van der Waals surface area (Å²) in [6.45, 7) is 0. The Balaban J connectivity index is 2.46. The molecule has 11 nitrogen and oxygen atoms in total. The Bertz CT molecular complexity index is 865. The number of benzene rings is 2. The van der Waals surface area contributed by atoms with Gasteiger partial charge >= 0.3 is 17.1 Å². The van der Waals surface area contributed by atoms with Gasteiger partial charge in [-0.1, -0.05) is 33.2 Å². The maximum absolute atomic E-state index is 11.1. The topological polar surface area (TPSA) is 151 Å². The largest absolute Gasteiger partial charge is 0.342 e.